The fraction of sp³-hybridized carbons (Fsp3) is 0.0833. The predicted molar refractivity (Wildman–Crippen MR) is 69.9 cm³/mol. The molecular formula is C12H9FN2S2. The number of hydrogen-bond acceptors (Lipinski definition) is 4. The highest BCUT2D eigenvalue weighted by molar-refractivity contribution is 7.18. The van der Waals surface area contributed by atoms with E-state index >= 15 is 0 Å². The van der Waals surface area contributed by atoms with Crippen molar-refractivity contribution in [2.45, 2.75) is 6.04 Å². The molecule has 2 heterocycles. The summed E-state index contributed by atoms with van der Waals surface area (Å²) in [5.41, 5.74) is 6.93. The van der Waals surface area contributed by atoms with E-state index in [1.807, 2.05) is 17.5 Å². The van der Waals surface area contributed by atoms with Crippen molar-refractivity contribution in [2.75, 3.05) is 0 Å². The van der Waals surface area contributed by atoms with Crippen LogP contribution in [0.4, 0.5) is 4.39 Å². The number of fused-ring (bicyclic) bond motifs is 1. The summed E-state index contributed by atoms with van der Waals surface area (Å²) in [6, 6.07) is 8.34. The molecule has 1 unspecified atom stereocenters. The van der Waals surface area contributed by atoms with E-state index in [2.05, 4.69) is 4.98 Å². The molecule has 17 heavy (non-hydrogen) atoms. The number of rotatable bonds is 2. The minimum Gasteiger partial charge on any atom is -0.318 e. The molecule has 2 nitrogen and oxygen atoms in total. The smallest absolute Gasteiger partial charge is 0.124 e. The second-order valence-electron chi connectivity index (χ2n) is 3.66. The Morgan fingerprint density at radius 3 is 2.94 bits per heavy atom. The minimum absolute atomic E-state index is 0.213. The Morgan fingerprint density at radius 1 is 1.29 bits per heavy atom. The van der Waals surface area contributed by atoms with E-state index in [1.165, 1.54) is 23.5 Å². The summed E-state index contributed by atoms with van der Waals surface area (Å²) < 4.78 is 13.9. The Hall–Kier alpha value is -1.30. The first-order valence-corrected chi connectivity index (χ1v) is 6.78. The predicted octanol–water partition coefficient (Wildman–Crippen LogP) is 3.55. The van der Waals surface area contributed by atoms with Gasteiger partial charge in [0.25, 0.3) is 0 Å². The Morgan fingerprint density at radius 2 is 2.18 bits per heavy atom. The van der Waals surface area contributed by atoms with Gasteiger partial charge in [-0.3, -0.25) is 0 Å². The zero-order valence-electron chi connectivity index (χ0n) is 8.76. The molecule has 3 rings (SSSR count). The molecule has 2 aromatic heterocycles. The highest BCUT2D eigenvalue weighted by Gasteiger charge is 2.15. The lowest BCUT2D eigenvalue weighted by Crippen LogP contribution is -2.09. The maximum Gasteiger partial charge on any atom is 0.124 e. The van der Waals surface area contributed by atoms with E-state index in [4.69, 9.17) is 5.73 Å². The van der Waals surface area contributed by atoms with Crippen LogP contribution in [0.15, 0.2) is 35.7 Å². The molecule has 0 aliphatic carbocycles. The third kappa shape index (κ3) is 1.97. The molecule has 0 aliphatic heterocycles. The highest BCUT2D eigenvalue weighted by Crippen LogP contribution is 2.30. The van der Waals surface area contributed by atoms with Crippen molar-refractivity contribution in [1.82, 2.24) is 4.98 Å². The monoisotopic (exact) mass is 264 g/mol. The third-order valence-electron chi connectivity index (χ3n) is 2.48. The average molecular weight is 264 g/mol. The SMILES string of the molecule is NC(c1cccs1)c1nc2ccc(F)cc2s1. The van der Waals surface area contributed by atoms with E-state index in [9.17, 15) is 4.39 Å². The van der Waals surface area contributed by atoms with Gasteiger partial charge in [0.05, 0.1) is 16.3 Å². The Kier molecular flexibility index (Phi) is 2.66. The zero-order chi connectivity index (χ0) is 11.8. The van der Waals surface area contributed by atoms with Crippen LogP contribution in [0.5, 0.6) is 0 Å². The number of aromatic nitrogens is 1. The van der Waals surface area contributed by atoms with Gasteiger partial charge in [0.1, 0.15) is 10.8 Å². The topological polar surface area (TPSA) is 38.9 Å². The largest absolute Gasteiger partial charge is 0.318 e. The van der Waals surface area contributed by atoms with E-state index in [0.29, 0.717) is 0 Å². The van der Waals surface area contributed by atoms with Crippen LogP contribution in [0.1, 0.15) is 15.9 Å². The lowest BCUT2D eigenvalue weighted by molar-refractivity contribution is 0.630. The molecule has 0 amide bonds. The van der Waals surface area contributed by atoms with Crippen LogP contribution < -0.4 is 5.73 Å². The average Bonchev–Trinajstić information content (AvgIpc) is 2.96. The van der Waals surface area contributed by atoms with Crippen molar-refractivity contribution in [1.29, 1.82) is 0 Å². The van der Waals surface area contributed by atoms with Gasteiger partial charge in [-0.2, -0.15) is 0 Å². The van der Waals surface area contributed by atoms with Crippen LogP contribution in [-0.2, 0) is 0 Å². The van der Waals surface area contributed by atoms with Gasteiger partial charge in [-0.15, -0.1) is 22.7 Å². The summed E-state index contributed by atoms with van der Waals surface area (Å²) in [7, 11) is 0. The van der Waals surface area contributed by atoms with Gasteiger partial charge in [0.15, 0.2) is 0 Å². The standard InChI is InChI=1S/C12H9FN2S2/c13-7-3-4-8-10(6-7)17-12(15-8)11(14)9-2-1-5-16-9/h1-6,11H,14H2. The minimum atomic E-state index is -0.239. The molecule has 3 aromatic rings. The van der Waals surface area contributed by atoms with Crippen LogP contribution in [0, 0.1) is 5.82 Å². The number of thiazole rings is 1. The van der Waals surface area contributed by atoms with Crippen molar-refractivity contribution in [2.24, 2.45) is 5.73 Å². The molecule has 0 spiro atoms. The number of hydrogen-bond donors (Lipinski definition) is 1. The summed E-state index contributed by atoms with van der Waals surface area (Å²) in [5, 5.41) is 2.82. The van der Waals surface area contributed by atoms with Gasteiger partial charge < -0.3 is 5.73 Å². The van der Waals surface area contributed by atoms with E-state index < -0.39 is 0 Å². The summed E-state index contributed by atoms with van der Waals surface area (Å²) in [6.45, 7) is 0. The lowest BCUT2D eigenvalue weighted by Gasteiger charge is -2.03. The van der Waals surface area contributed by atoms with E-state index in [1.54, 1.807) is 17.4 Å². The molecule has 0 saturated heterocycles. The second kappa shape index (κ2) is 4.18. The van der Waals surface area contributed by atoms with Gasteiger partial charge in [0, 0.05) is 4.88 Å². The van der Waals surface area contributed by atoms with Gasteiger partial charge in [0.2, 0.25) is 0 Å². The number of nitrogens with zero attached hydrogens (tertiary/aromatic N) is 1. The van der Waals surface area contributed by atoms with Crippen LogP contribution in [0.3, 0.4) is 0 Å². The fourth-order valence-electron chi connectivity index (χ4n) is 1.64. The van der Waals surface area contributed by atoms with E-state index in [0.717, 1.165) is 20.1 Å². The summed E-state index contributed by atoms with van der Waals surface area (Å²) >= 11 is 3.05. The van der Waals surface area contributed by atoms with Crippen molar-refractivity contribution in [3.8, 4) is 0 Å². The van der Waals surface area contributed by atoms with Crippen molar-refractivity contribution in [3.05, 3.63) is 51.4 Å². The Bertz CT molecular complexity index is 646. The summed E-state index contributed by atoms with van der Waals surface area (Å²) in [4.78, 5) is 5.52. The van der Waals surface area contributed by atoms with Crippen LogP contribution >= 0.6 is 22.7 Å². The molecule has 0 aliphatic rings. The first-order chi connectivity index (χ1) is 8.24. The molecule has 1 atom stereocenters. The second-order valence-corrected chi connectivity index (χ2v) is 5.70. The van der Waals surface area contributed by atoms with E-state index in [-0.39, 0.29) is 11.9 Å². The van der Waals surface area contributed by atoms with Crippen LogP contribution in [0.2, 0.25) is 0 Å². The molecule has 1 aromatic carbocycles. The normalized spacial score (nSPS) is 13.1. The maximum atomic E-state index is 13.1. The molecule has 2 N–H and O–H groups in total. The molecular weight excluding hydrogens is 255 g/mol. The van der Waals surface area contributed by atoms with Gasteiger partial charge in [-0.1, -0.05) is 6.07 Å². The van der Waals surface area contributed by atoms with Gasteiger partial charge in [-0.05, 0) is 29.6 Å². The summed E-state index contributed by atoms with van der Waals surface area (Å²) in [5.74, 6) is -0.239. The first-order valence-electron chi connectivity index (χ1n) is 5.09. The number of halogens is 1. The molecule has 0 radical (unpaired) electrons. The van der Waals surface area contributed by atoms with Crippen molar-refractivity contribution < 1.29 is 4.39 Å². The number of nitrogens with two attached hydrogens (primary N) is 1. The quantitative estimate of drug-likeness (QED) is 0.769. The number of benzene rings is 1. The molecule has 0 fully saturated rings. The van der Waals surface area contributed by atoms with Crippen molar-refractivity contribution >= 4 is 32.9 Å². The zero-order valence-corrected chi connectivity index (χ0v) is 10.4. The number of thiophene rings is 1. The molecule has 0 bridgehead atoms. The fourth-order valence-corrected chi connectivity index (χ4v) is 3.46. The van der Waals surface area contributed by atoms with Crippen LogP contribution in [0.25, 0.3) is 10.2 Å². The Labute approximate surface area is 106 Å². The lowest BCUT2D eigenvalue weighted by atomic mass is 10.2. The molecule has 86 valence electrons. The Balaban J connectivity index is 2.06. The van der Waals surface area contributed by atoms with Crippen LogP contribution in [-0.4, -0.2) is 4.98 Å². The van der Waals surface area contributed by atoms with Gasteiger partial charge >= 0.3 is 0 Å². The summed E-state index contributed by atoms with van der Waals surface area (Å²) in [6.07, 6.45) is 0. The molecule has 5 heteroatoms. The third-order valence-corrected chi connectivity index (χ3v) is 4.54. The van der Waals surface area contributed by atoms with Gasteiger partial charge in [-0.25, -0.2) is 9.37 Å². The highest BCUT2D eigenvalue weighted by atomic mass is 32.1. The first kappa shape index (κ1) is 10.8. The molecule has 0 saturated carbocycles. The maximum absolute atomic E-state index is 13.1. The van der Waals surface area contributed by atoms with Crippen molar-refractivity contribution in [3.63, 3.8) is 0 Å².